The van der Waals surface area contributed by atoms with Crippen molar-refractivity contribution in [3.05, 3.63) is 203 Å². The SMILES string of the molecule is OC(C#CC1CC(c2ccccc2)=NO1)(c1ccccc1)c1ccc[cH-]1.OC(C#CC1CC(c2ccccc2)=NO1)(c1ccccc1)c1ccc[cH-]1.[Fe+2]. The third kappa shape index (κ3) is 8.59. The van der Waals surface area contributed by atoms with Crippen LogP contribution in [0.25, 0.3) is 0 Å². The number of benzene rings is 4. The molecule has 0 fully saturated rings. The van der Waals surface area contributed by atoms with Gasteiger partial charge in [0.15, 0.2) is 23.4 Å². The van der Waals surface area contributed by atoms with E-state index in [0.29, 0.717) is 12.8 Å². The quantitative estimate of drug-likeness (QED) is 0.105. The molecule has 6 aromatic carbocycles. The second-order valence-electron chi connectivity index (χ2n) is 12.4. The van der Waals surface area contributed by atoms with Gasteiger partial charge in [-0.3, -0.25) is 0 Å². The molecule has 2 aliphatic heterocycles. The van der Waals surface area contributed by atoms with E-state index in [0.717, 1.165) is 44.8 Å². The molecule has 53 heavy (non-hydrogen) atoms. The number of hydrogen-bond donors (Lipinski definition) is 2. The molecule has 2 N–H and O–H groups in total. The van der Waals surface area contributed by atoms with Crippen LogP contribution in [0.2, 0.25) is 0 Å². The summed E-state index contributed by atoms with van der Waals surface area (Å²) in [4.78, 5) is 10.9. The average Bonchev–Trinajstić information content (AvgIpc) is 4.07. The van der Waals surface area contributed by atoms with E-state index in [1.807, 2.05) is 170 Å². The average molecular weight is 737 g/mol. The van der Waals surface area contributed by atoms with Crippen molar-refractivity contribution in [2.24, 2.45) is 10.3 Å². The zero-order chi connectivity index (χ0) is 35.6. The molecule has 4 unspecified atom stereocenters. The molecule has 2 aliphatic rings. The summed E-state index contributed by atoms with van der Waals surface area (Å²) in [5.74, 6) is 12.2. The van der Waals surface area contributed by atoms with Gasteiger partial charge < -0.3 is 19.9 Å². The third-order valence-electron chi connectivity index (χ3n) is 8.92. The van der Waals surface area contributed by atoms with Crippen molar-refractivity contribution < 1.29 is 37.0 Å². The molecule has 0 radical (unpaired) electrons. The monoisotopic (exact) mass is 736 g/mol. The molecular weight excluding hydrogens is 700 g/mol. The van der Waals surface area contributed by atoms with Crippen molar-refractivity contribution in [2.75, 3.05) is 0 Å². The van der Waals surface area contributed by atoms with Crippen LogP contribution >= 0.6 is 0 Å². The molecule has 0 spiro atoms. The van der Waals surface area contributed by atoms with E-state index in [1.165, 1.54) is 0 Å². The Morgan fingerprint density at radius 2 is 0.868 bits per heavy atom. The minimum absolute atomic E-state index is 0. The fourth-order valence-corrected chi connectivity index (χ4v) is 6.09. The first kappa shape index (κ1) is 36.9. The molecule has 262 valence electrons. The van der Waals surface area contributed by atoms with E-state index >= 15 is 0 Å². The van der Waals surface area contributed by atoms with E-state index in [9.17, 15) is 10.2 Å². The van der Waals surface area contributed by atoms with Crippen LogP contribution in [-0.2, 0) is 37.9 Å². The van der Waals surface area contributed by atoms with Crippen molar-refractivity contribution in [2.45, 2.75) is 36.3 Å². The maximum absolute atomic E-state index is 11.3. The topological polar surface area (TPSA) is 83.6 Å². The van der Waals surface area contributed by atoms with Crippen molar-refractivity contribution in [3.63, 3.8) is 0 Å². The van der Waals surface area contributed by atoms with E-state index in [1.54, 1.807) is 0 Å². The van der Waals surface area contributed by atoms with Gasteiger partial charge in [-0.15, -0.1) is 11.1 Å². The molecule has 0 saturated heterocycles. The molecule has 8 rings (SSSR count). The summed E-state index contributed by atoms with van der Waals surface area (Å²) >= 11 is 0. The Kier molecular flexibility index (Phi) is 11.9. The molecule has 0 saturated carbocycles. The largest absolute Gasteiger partial charge is 2.00 e. The summed E-state index contributed by atoms with van der Waals surface area (Å²) in [6.45, 7) is 0. The van der Waals surface area contributed by atoms with Crippen molar-refractivity contribution in [3.8, 4) is 23.7 Å². The van der Waals surface area contributed by atoms with Gasteiger partial charge in [0.25, 0.3) is 0 Å². The molecule has 0 aromatic heterocycles. The number of nitrogens with zero attached hydrogens (tertiary/aromatic N) is 2. The first-order valence-corrected chi connectivity index (χ1v) is 17.1. The second kappa shape index (κ2) is 17.1. The van der Waals surface area contributed by atoms with Crippen LogP contribution in [-0.4, -0.2) is 33.8 Å². The van der Waals surface area contributed by atoms with Gasteiger partial charge in [0, 0.05) is 12.8 Å². The summed E-state index contributed by atoms with van der Waals surface area (Å²) < 4.78 is 0. The molecule has 4 atom stereocenters. The zero-order valence-corrected chi connectivity index (χ0v) is 29.8. The van der Waals surface area contributed by atoms with E-state index in [-0.39, 0.29) is 29.3 Å². The second-order valence-corrected chi connectivity index (χ2v) is 12.4. The maximum atomic E-state index is 11.3. The van der Waals surface area contributed by atoms with Crippen LogP contribution < -0.4 is 0 Å². The number of rotatable bonds is 6. The summed E-state index contributed by atoms with van der Waals surface area (Å²) in [6.07, 6.45) is 0.469. The minimum Gasteiger partial charge on any atom is -0.379 e. The molecule has 0 aliphatic carbocycles. The van der Waals surface area contributed by atoms with E-state index < -0.39 is 11.2 Å². The molecule has 0 bridgehead atoms. The van der Waals surface area contributed by atoms with Crippen molar-refractivity contribution >= 4 is 11.4 Å². The van der Waals surface area contributed by atoms with Gasteiger partial charge in [0.2, 0.25) is 0 Å². The van der Waals surface area contributed by atoms with Crippen LogP contribution in [0.3, 0.4) is 0 Å². The van der Waals surface area contributed by atoms with Gasteiger partial charge in [-0.1, -0.05) is 155 Å². The van der Waals surface area contributed by atoms with Gasteiger partial charge in [-0.25, -0.2) is 24.3 Å². The van der Waals surface area contributed by atoms with Gasteiger partial charge in [0.1, 0.15) is 0 Å². The van der Waals surface area contributed by atoms with Gasteiger partial charge in [0.05, 0.1) is 11.4 Å². The molecule has 6 nitrogen and oxygen atoms in total. The molecule has 6 aromatic rings. The summed E-state index contributed by atoms with van der Waals surface area (Å²) in [5, 5.41) is 31.0. The first-order chi connectivity index (χ1) is 25.5. The summed E-state index contributed by atoms with van der Waals surface area (Å²) in [5.41, 5.74) is 4.05. The molecular formula is C46H36FeN2O4. The van der Waals surface area contributed by atoms with Crippen LogP contribution in [0.15, 0.2) is 180 Å². The van der Waals surface area contributed by atoms with Gasteiger partial charge in [-0.2, -0.15) is 24.3 Å². The Bertz CT molecular complexity index is 2070. The van der Waals surface area contributed by atoms with Crippen molar-refractivity contribution in [1.82, 2.24) is 0 Å². The standard InChI is InChI=1S/2C23H18NO2.Fe/c2*25-23(20-13-7-8-14-20,19-11-5-2-6-12-19)16-15-21-17-22(24-26-21)18-9-3-1-4-10-18;/h2*1-14,21,25H,17H2;/q2*-1;+2. The minimum atomic E-state index is -1.37. The predicted octanol–water partition coefficient (Wildman–Crippen LogP) is 7.67. The molecule has 7 heteroatoms. The molecule has 2 heterocycles. The van der Waals surface area contributed by atoms with E-state index in [2.05, 4.69) is 34.0 Å². The molecule has 0 amide bonds. The van der Waals surface area contributed by atoms with Crippen LogP contribution in [0.4, 0.5) is 0 Å². The Labute approximate surface area is 320 Å². The fraction of sp³-hybridized carbons (Fsp3) is 0.130. The fourth-order valence-electron chi connectivity index (χ4n) is 6.09. The first-order valence-electron chi connectivity index (χ1n) is 17.1. The van der Waals surface area contributed by atoms with Gasteiger partial charge in [-0.05, 0) is 22.3 Å². The number of hydrogen-bond acceptors (Lipinski definition) is 6. The zero-order valence-electron chi connectivity index (χ0n) is 28.7. The Morgan fingerprint density at radius 1 is 0.509 bits per heavy atom. The number of aliphatic hydroxyl groups is 2. The Hall–Kier alpha value is -5.92. The summed E-state index contributed by atoms with van der Waals surface area (Å²) in [7, 11) is 0. The third-order valence-corrected chi connectivity index (χ3v) is 8.92. The van der Waals surface area contributed by atoms with Crippen molar-refractivity contribution in [1.29, 1.82) is 0 Å². The van der Waals surface area contributed by atoms with E-state index in [4.69, 9.17) is 9.68 Å². The Balaban J connectivity index is 0.000000178. The normalized spacial score (nSPS) is 17.8. The van der Waals surface area contributed by atoms with Gasteiger partial charge >= 0.3 is 17.1 Å². The maximum Gasteiger partial charge on any atom is 2.00 e. The predicted molar refractivity (Wildman–Crippen MR) is 203 cm³/mol. The van der Waals surface area contributed by atoms with Crippen LogP contribution in [0.1, 0.15) is 46.2 Å². The Morgan fingerprint density at radius 3 is 1.21 bits per heavy atom. The number of oxime groups is 2. The smallest absolute Gasteiger partial charge is 0.379 e. The summed E-state index contributed by atoms with van der Waals surface area (Å²) in [6, 6.07) is 53.9. The van der Waals surface area contributed by atoms with Crippen LogP contribution in [0.5, 0.6) is 0 Å². The van der Waals surface area contributed by atoms with Crippen LogP contribution in [0, 0.1) is 23.7 Å².